The molecule has 1 aromatic carbocycles. The van der Waals surface area contributed by atoms with Crippen molar-refractivity contribution in [3.8, 4) is 0 Å². The second-order valence-electron chi connectivity index (χ2n) is 4.38. The van der Waals surface area contributed by atoms with Crippen LogP contribution < -0.4 is 0 Å². The molecule has 0 amide bonds. The molecular formula is C11H12FNO3. The molecule has 1 fully saturated rings. The van der Waals surface area contributed by atoms with Gasteiger partial charge in [-0.3, -0.25) is 10.1 Å². The fraction of sp³-hybridized carbons (Fsp3) is 0.455. The predicted octanol–water partition coefficient (Wildman–Crippen LogP) is 2.05. The Balaban J connectivity index is 2.18. The molecule has 2 rings (SSSR count). The number of nitrogens with zero attached hydrogens (tertiary/aromatic N) is 1. The number of nitro benzene ring substituents is 1. The molecular weight excluding hydrogens is 213 g/mol. The summed E-state index contributed by atoms with van der Waals surface area (Å²) in [6.07, 6.45) is 2.45. The number of benzene rings is 1. The molecule has 0 atom stereocenters. The highest BCUT2D eigenvalue weighted by molar-refractivity contribution is 5.35. The summed E-state index contributed by atoms with van der Waals surface area (Å²) >= 11 is 0. The third kappa shape index (κ3) is 2.04. The first-order valence-corrected chi connectivity index (χ1v) is 5.10. The molecule has 1 saturated carbocycles. The van der Waals surface area contributed by atoms with E-state index in [1.54, 1.807) is 6.07 Å². The quantitative estimate of drug-likeness (QED) is 0.630. The highest BCUT2D eigenvalue weighted by atomic mass is 19.1. The monoisotopic (exact) mass is 225 g/mol. The first-order chi connectivity index (χ1) is 7.56. The molecule has 4 nitrogen and oxygen atoms in total. The number of nitro groups is 1. The van der Waals surface area contributed by atoms with Gasteiger partial charge in [0.05, 0.1) is 4.92 Å². The predicted molar refractivity (Wildman–Crippen MR) is 55.5 cm³/mol. The van der Waals surface area contributed by atoms with Gasteiger partial charge in [-0.2, -0.15) is 4.39 Å². The molecule has 0 unspecified atom stereocenters. The van der Waals surface area contributed by atoms with Crippen molar-refractivity contribution in [1.29, 1.82) is 0 Å². The molecule has 0 aromatic heterocycles. The van der Waals surface area contributed by atoms with Crippen LogP contribution in [0.2, 0.25) is 0 Å². The molecule has 1 N–H and O–H groups in total. The number of aliphatic hydroxyl groups excluding tert-OH is 1. The molecule has 16 heavy (non-hydrogen) atoms. The van der Waals surface area contributed by atoms with E-state index >= 15 is 0 Å². The average molecular weight is 225 g/mol. The van der Waals surface area contributed by atoms with Gasteiger partial charge in [-0.1, -0.05) is 6.07 Å². The smallest absolute Gasteiger partial charge is 0.304 e. The Labute approximate surface area is 91.9 Å². The Kier molecular flexibility index (Phi) is 2.63. The summed E-state index contributed by atoms with van der Waals surface area (Å²) in [5.74, 6) is -0.809. The van der Waals surface area contributed by atoms with Gasteiger partial charge in [-0.15, -0.1) is 0 Å². The number of aliphatic hydroxyl groups is 1. The lowest BCUT2D eigenvalue weighted by Crippen LogP contribution is -2.10. The van der Waals surface area contributed by atoms with Gasteiger partial charge < -0.3 is 5.11 Å². The topological polar surface area (TPSA) is 63.4 Å². The molecule has 1 aromatic rings. The van der Waals surface area contributed by atoms with E-state index in [-0.39, 0.29) is 12.0 Å². The van der Waals surface area contributed by atoms with E-state index in [0.717, 1.165) is 12.8 Å². The SMILES string of the molecule is O=[N+]([O-])c1ccc(CC2(CO)CC2)cc1F. The Morgan fingerprint density at radius 2 is 2.19 bits per heavy atom. The number of rotatable bonds is 4. The van der Waals surface area contributed by atoms with Gasteiger partial charge in [-0.05, 0) is 36.3 Å². The number of hydrogen-bond donors (Lipinski definition) is 1. The minimum Gasteiger partial charge on any atom is -0.396 e. The second-order valence-corrected chi connectivity index (χ2v) is 4.38. The van der Waals surface area contributed by atoms with Crippen molar-refractivity contribution in [1.82, 2.24) is 0 Å². The molecule has 0 spiro atoms. The Morgan fingerprint density at radius 3 is 2.62 bits per heavy atom. The van der Waals surface area contributed by atoms with E-state index in [9.17, 15) is 14.5 Å². The van der Waals surface area contributed by atoms with Gasteiger partial charge in [0.15, 0.2) is 0 Å². The van der Waals surface area contributed by atoms with Crippen LogP contribution >= 0.6 is 0 Å². The fourth-order valence-electron chi connectivity index (χ4n) is 1.81. The van der Waals surface area contributed by atoms with Crippen LogP contribution in [0.25, 0.3) is 0 Å². The van der Waals surface area contributed by atoms with Crippen LogP contribution in [0.1, 0.15) is 18.4 Å². The number of hydrogen-bond acceptors (Lipinski definition) is 3. The molecule has 1 aliphatic carbocycles. The van der Waals surface area contributed by atoms with Gasteiger partial charge in [0.25, 0.3) is 0 Å². The lowest BCUT2D eigenvalue weighted by molar-refractivity contribution is -0.387. The fourth-order valence-corrected chi connectivity index (χ4v) is 1.81. The van der Waals surface area contributed by atoms with Gasteiger partial charge in [0.2, 0.25) is 5.82 Å². The summed E-state index contributed by atoms with van der Waals surface area (Å²) in [4.78, 5) is 9.67. The molecule has 0 radical (unpaired) electrons. The van der Waals surface area contributed by atoms with E-state index in [4.69, 9.17) is 5.11 Å². The molecule has 86 valence electrons. The van der Waals surface area contributed by atoms with Crippen LogP contribution in [-0.2, 0) is 6.42 Å². The van der Waals surface area contributed by atoms with Crippen LogP contribution in [0.15, 0.2) is 18.2 Å². The van der Waals surface area contributed by atoms with Crippen molar-refractivity contribution >= 4 is 5.69 Å². The van der Waals surface area contributed by atoms with E-state index < -0.39 is 16.4 Å². The molecule has 0 heterocycles. The third-order valence-corrected chi connectivity index (χ3v) is 3.08. The van der Waals surface area contributed by atoms with Gasteiger partial charge in [-0.25, -0.2) is 0 Å². The van der Waals surface area contributed by atoms with Crippen molar-refractivity contribution in [2.24, 2.45) is 5.41 Å². The van der Waals surface area contributed by atoms with Crippen LogP contribution in [0, 0.1) is 21.3 Å². The minimum atomic E-state index is -0.809. The summed E-state index contributed by atoms with van der Waals surface area (Å²) < 4.78 is 13.3. The first kappa shape index (κ1) is 11.0. The van der Waals surface area contributed by atoms with E-state index in [2.05, 4.69) is 0 Å². The van der Waals surface area contributed by atoms with Crippen LogP contribution in [-0.4, -0.2) is 16.6 Å². The summed E-state index contributed by atoms with van der Waals surface area (Å²) in [5.41, 5.74) is 0.0926. The standard InChI is InChI=1S/C11H12FNO3/c12-9-5-8(1-2-10(9)13(15)16)6-11(7-14)3-4-11/h1-2,5,14H,3-4,6-7H2. The molecule has 0 aliphatic heterocycles. The molecule has 5 heteroatoms. The maximum atomic E-state index is 13.3. The van der Waals surface area contributed by atoms with E-state index in [1.807, 2.05) is 0 Å². The Hall–Kier alpha value is -1.49. The second kappa shape index (κ2) is 3.83. The van der Waals surface area contributed by atoms with Crippen molar-refractivity contribution < 1.29 is 14.4 Å². The summed E-state index contributed by atoms with van der Waals surface area (Å²) in [5, 5.41) is 19.5. The summed E-state index contributed by atoms with van der Waals surface area (Å²) in [7, 11) is 0. The Bertz CT molecular complexity index is 429. The molecule has 0 saturated heterocycles. The lowest BCUT2D eigenvalue weighted by Gasteiger charge is -2.10. The van der Waals surface area contributed by atoms with Gasteiger partial charge in [0.1, 0.15) is 0 Å². The first-order valence-electron chi connectivity index (χ1n) is 5.10. The highest BCUT2D eigenvalue weighted by Crippen LogP contribution is 2.47. The van der Waals surface area contributed by atoms with Crippen molar-refractivity contribution in [3.05, 3.63) is 39.7 Å². The van der Waals surface area contributed by atoms with Crippen LogP contribution in [0.3, 0.4) is 0 Å². The lowest BCUT2D eigenvalue weighted by atomic mass is 9.97. The van der Waals surface area contributed by atoms with E-state index in [1.165, 1.54) is 12.1 Å². The largest absolute Gasteiger partial charge is 0.396 e. The molecule has 0 bridgehead atoms. The zero-order valence-electron chi connectivity index (χ0n) is 8.65. The zero-order valence-corrected chi connectivity index (χ0v) is 8.65. The Morgan fingerprint density at radius 1 is 1.50 bits per heavy atom. The van der Waals surface area contributed by atoms with Crippen molar-refractivity contribution in [3.63, 3.8) is 0 Å². The summed E-state index contributed by atoms with van der Waals surface area (Å²) in [6, 6.07) is 3.92. The minimum absolute atomic E-state index is 0.0889. The van der Waals surface area contributed by atoms with Gasteiger partial charge in [0, 0.05) is 12.7 Å². The van der Waals surface area contributed by atoms with Crippen LogP contribution in [0.5, 0.6) is 0 Å². The summed E-state index contributed by atoms with van der Waals surface area (Å²) in [6.45, 7) is 0.0889. The van der Waals surface area contributed by atoms with Gasteiger partial charge >= 0.3 is 5.69 Å². The molecule has 1 aliphatic rings. The average Bonchev–Trinajstić information content (AvgIpc) is 2.98. The number of halogens is 1. The third-order valence-electron chi connectivity index (χ3n) is 3.08. The normalized spacial score (nSPS) is 17.1. The maximum absolute atomic E-state index is 13.3. The van der Waals surface area contributed by atoms with Crippen molar-refractivity contribution in [2.75, 3.05) is 6.61 Å². The highest BCUT2D eigenvalue weighted by Gasteiger charge is 2.41. The zero-order chi connectivity index (χ0) is 11.8. The van der Waals surface area contributed by atoms with Crippen LogP contribution in [0.4, 0.5) is 10.1 Å². The van der Waals surface area contributed by atoms with E-state index in [0.29, 0.717) is 12.0 Å². The maximum Gasteiger partial charge on any atom is 0.304 e. The van der Waals surface area contributed by atoms with Crippen molar-refractivity contribution in [2.45, 2.75) is 19.3 Å².